The van der Waals surface area contributed by atoms with E-state index in [0.717, 1.165) is 18.7 Å². The fourth-order valence-electron chi connectivity index (χ4n) is 2.20. The molecule has 2 heterocycles. The number of benzene rings is 1. The van der Waals surface area contributed by atoms with E-state index in [1.165, 1.54) is 5.56 Å². The molecule has 104 valence electrons. The Hall–Kier alpha value is -2.14. The number of morpholine rings is 1. The Labute approximate surface area is 117 Å². The minimum Gasteiger partial charge on any atom is -0.378 e. The normalized spacial score (nSPS) is 21.1. The number of amides is 1. The number of ether oxygens (including phenoxy) is 1. The molecule has 1 fully saturated rings. The molecule has 3 rings (SSSR count). The molecular formula is C15H17N3O2. The topological polar surface area (TPSA) is 53.9 Å². The van der Waals surface area contributed by atoms with Crippen LogP contribution in [-0.2, 0) is 9.53 Å². The van der Waals surface area contributed by atoms with Gasteiger partial charge in [0.1, 0.15) is 5.70 Å². The second-order valence-electron chi connectivity index (χ2n) is 4.93. The number of aliphatic imine (C=N–C) groups is 1. The molecule has 0 radical (unpaired) electrons. The largest absolute Gasteiger partial charge is 0.378 e. The highest BCUT2D eigenvalue weighted by atomic mass is 16.5. The van der Waals surface area contributed by atoms with Crippen LogP contribution in [0.5, 0.6) is 0 Å². The van der Waals surface area contributed by atoms with Gasteiger partial charge in [0.05, 0.1) is 13.2 Å². The lowest BCUT2D eigenvalue weighted by molar-refractivity contribution is -0.115. The monoisotopic (exact) mass is 271 g/mol. The molecule has 1 aromatic rings. The van der Waals surface area contributed by atoms with Gasteiger partial charge < -0.3 is 9.64 Å². The summed E-state index contributed by atoms with van der Waals surface area (Å²) >= 11 is 0. The van der Waals surface area contributed by atoms with Crippen LogP contribution >= 0.6 is 0 Å². The summed E-state index contributed by atoms with van der Waals surface area (Å²) in [6.07, 6.45) is 1.81. The molecule has 0 saturated carbocycles. The molecule has 20 heavy (non-hydrogen) atoms. The predicted octanol–water partition coefficient (Wildman–Crippen LogP) is 1.15. The third kappa shape index (κ3) is 2.72. The average Bonchev–Trinajstić information content (AvgIpc) is 2.84. The zero-order chi connectivity index (χ0) is 13.9. The van der Waals surface area contributed by atoms with Crippen molar-refractivity contribution in [3.8, 4) is 0 Å². The van der Waals surface area contributed by atoms with E-state index in [-0.39, 0.29) is 5.91 Å². The Morgan fingerprint density at radius 2 is 1.95 bits per heavy atom. The van der Waals surface area contributed by atoms with Crippen molar-refractivity contribution in [2.45, 2.75) is 6.92 Å². The number of carbonyl (C=O) groups excluding carboxylic acids is 1. The molecule has 1 aromatic carbocycles. The van der Waals surface area contributed by atoms with Gasteiger partial charge in [-0.25, -0.2) is 4.99 Å². The molecule has 2 aliphatic rings. The highest BCUT2D eigenvalue weighted by molar-refractivity contribution is 6.13. The zero-order valence-corrected chi connectivity index (χ0v) is 11.4. The summed E-state index contributed by atoms with van der Waals surface area (Å²) in [4.78, 5) is 18.4. The van der Waals surface area contributed by atoms with E-state index >= 15 is 0 Å². The van der Waals surface area contributed by atoms with E-state index in [1.807, 2.05) is 42.2 Å². The Balaban J connectivity index is 1.80. The van der Waals surface area contributed by atoms with E-state index < -0.39 is 0 Å². The first-order chi connectivity index (χ1) is 9.72. The lowest BCUT2D eigenvalue weighted by Crippen LogP contribution is -2.46. The first-order valence-corrected chi connectivity index (χ1v) is 6.73. The van der Waals surface area contributed by atoms with Crippen molar-refractivity contribution in [3.05, 3.63) is 41.1 Å². The zero-order valence-electron chi connectivity index (χ0n) is 11.4. The lowest BCUT2D eigenvalue weighted by Gasteiger charge is -2.27. The minimum atomic E-state index is -0.146. The molecule has 0 aromatic heterocycles. The molecule has 0 spiro atoms. The van der Waals surface area contributed by atoms with Gasteiger partial charge in [0.15, 0.2) is 0 Å². The Morgan fingerprint density at radius 1 is 1.25 bits per heavy atom. The van der Waals surface area contributed by atoms with E-state index in [1.54, 1.807) is 0 Å². The predicted molar refractivity (Wildman–Crippen MR) is 77.1 cm³/mol. The van der Waals surface area contributed by atoms with Crippen molar-refractivity contribution in [3.63, 3.8) is 0 Å². The second kappa shape index (κ2) is 5.46. The summed E-state index contributed by atoms with van der Waals surface area (Å²) in [6, 6.07) is 8.01. The van der Waals surface area contributed by atoms with Crippen molar-refractivity contribution in [1.29, 1.82) is 0 Å². The Morgan fingerprint density at radius 3 is 2.65 bits per heavy atom. The van der Waals surface area contributed by atoms with Crippen LogP contribution in [0.2, 0.25) is 0 Å². The first kappa shape index (κ1) is 12.9. The summed E-state index contributed by atoms with van der Waals surface area (Å²) in [5.41, 5.74) is 2.63. The van der Waals surface area contributed by atoms with Crippen LogP contribution in [0.25, 0.3) is 6.08 Å². The standard InChI is InChI=1S/C15H17N3O2/c1-11-2-4-12(5-3-11)10-13-14(19)17-15(16-13)18-6-8-20-9-7-18/h2-5,10H,6-9H2,1H3,(H,16,17,19)/b13-10-. The maximum atomic E-state index is 11.9. The fourth-order valence-corrected chi connectivity index (χ4v) is 2.20. The molecule has 1 saturated heterocycles. The van der Waals surface area contributed by atoms with Crippen LogP contribution in [0.1, 0.15) is 11.1 Å². The van der Waals surface area contributed by atoms with Crippen molar-refractivity contribution in [2.75, 3.05) is 26.3 Å². The van der Waals surface area contributed by atoms with Crippen LogP contribution in [0.3, 0.4) is 0 Å². The van der Waals surface area contributed by atoms with E-state index in [0.29, 0.717) is 24.9 Å². The number of nitrogens with one attached hydrogen (secondary N) is 1. The number of aryl methyl sites for hydroxylation is 1. The fraction of sp³-hybridized carbons (Fsp3) is 0.333. The van der Waals surface area contributed by atoms with Gasteiger partial charge in [-0.2, -0.15) is 0 Å². The SMILES string of the molecule is Cc1ccc(/C=C2\N=C(N3CCOCC3)NC2=O)cc1. The molecule has 0 aliphatic carbocycles. The van der Waals surface area contributed by atoms with Gasteiger partial charge in [-0.05, 0) is 18.6 Å². The quantitative estimate of drug-likeness (QED) is 0.780. The lowest BCUT2D eigenvalue weighted by atomic mass is 10.1. The van der Waals surface area contributed by atoms with Crippen LogP contribution in [0, 0.1) is 6.92 Å². The summed E-state index contributed by atoms with van der Waals surface area (Å²) in [5, 5.41) is 2.82. The minimum absolute atomic E-state index is 0.146. The highest BCUT2D eigenvalue weighted by Gasteiger charge is 2.25. The van der Waals surface area contributed by atoms with Gasteiger partial charge in [-0.3, -0.25) is 10.1 Å². The Bertz CT molecular complexity index is 569. The maximum Gasteiger partial charge on any atom is 0.276 e. The van der Waals surface area contributed by atoms with E-state index in [2.05, 4.69) is 10.3 Å². The molecule has 0 atom stereocenters. The van der Waals surface area contributed by atoms with Crippen molar-refractivity contribution in [2.24, 2.45) is 4.99 Å². The summed E-state index contributed by atoms with van der Waals surface area (Å²) < 4.78 is 5.30. The molecule has 5 nitrogen and oxygen atoms in total. The number of carbonyl (C=O) groups is 1. The second-order valence-corrected chi connectivity index (χ2v) is 4.93. The molecular weight excluding hydrogens is 254 g/mol. The smallest absolute Gasteiger partial charge is 0.276 e. The van der Waals surface area contributed by atoms with Crippen LogP contribution in [0.4, 0.5) is 0 Å². The third-order valence-corrected chi connectivity index (χ3v) is 3.38. The van der Waals surface area contributed by atoms with Gasteiger partial charge in [0.25, 0.3) is 5.91 Å². The molecule has 5 heteroatoms. The molecule has 0 unspecified atom stereocenters. The summed E-state index contributed by atoms with van der Waals surface area (Å²) in [6.45, 7) is 4.90. The van der Waals surface area contributed by atoms with Gasteiger partial charge in [0.2, 0.25) is 5.96 Å². The van der Waals surface area contributed by atoms with Gasteiger partial charge in [-0.1, -0.05) is 29.8 Å². The molecule has 2 aliphatic heterocycles. The average molecular weight is 271 g/mol. The van der Waals surface area contributed by atoms with Crippen LogP contribution in [0.15, 0.2) is 35.0 Å². The molecule has 0 bridgehead atoms. The highest BCUT2D eigenvalue weighted by Crippen LogP contribution is 2.14. The molecule has 1 amide bonds. The van der Waals surface area contributed by atoms with Crippen molar-refractivity contribution >= 4 is 17.9 Å². The summed E-state index contributed by atoms with van der Waals surface area (Å²) in [7, 11) is 0. The Kier molecular flexibility index (Phi) is 3.52. The van der Waals surface area contributed by atoms with Gasteiger partial charge in [0, 0.05) is 13.1 Å². The third-order valence-electron chi connectivity index (χ3n) is 3.38. The van der Waals surface area contributed by atoms with Crippen LogP contribution < -0.4 is 5.32 Å². The maximum absolute atomic E-state index is 11.9. The number of rotatable bonds is 1. The number of nitrogens with zero attached hydrogens (tertiary/aromatic N) is 2. The summed E-state index contributed by atoms with van der Waals surface area (Å²) in [5.74, 6) is 0.490. The number of hydrogen-bond acceptors (Lipinski definition) is 4. The number of hydrogen-bond donors (Lipinski definition) is 1. The first-order valence-electron chi connectivity index (χ1n) is 6.73. The van der Waals surface area contributed by atoms with Crippen LogP contribution in [-0.4, -0.2) is 43.1 Å². The van der Waals surface area contributed by atoms with E-state index in [4.69, 9.17) is 4.74 Å². The van der Waals surface area contributed by atoms with Gasteiger partial charge >= 0.3 is 0 Å². The van der Waals surface area contributed by atoms with Gasteiger partial charge in [-0.15, -0.1) is 0 Å². The van der Waals surface area contributed by atoms with Crippen molar-refractivity contribution < 1.29 is 9.53 Å². The number of guanidine groups is 1. The van der Waals surface area contributed by atoms with E-state index in [9.17, 15) is 4.79 Å². The molecule has 1 N–H and O–H groups in total. The van der Waals surface area contributed by atoms with Crippen molar-refractivity contribution in [1.82, 2.24) is 10.2 Å².